The molecule has 30 heavy (non-hydrogen) atoms. The van der Waals surface area contributed by atoms with Crippen molar-refractivity contribution in [3.8, 4) is 5.75 Å². The number of aryl methyl sites for hydroxylation is 1. The van der Waals surface area contributed by atoms with Crippen molar-refractivity contribution in [3.05, 3.63) is 53.1 Å². The van der Waals surface area contributed by atoms with E-state index in [0.717, 1.165) is 44.0 Å². The second-order valence-corrected chi connectivity index (χ2v) is 8.81. The zero-order valence-corrected chi connectivity index (χ0v) is 18.9. The summed E-state index contributed by atoms with van der Waals surface area (Å²) in [5.74, 6) is 1.00. The standard InChI is InChI=1S/C25H36N4O/c1-19-7-5-9-24(20(19)2)28-13-15-29(16-14-28)26-22-10-11-25(30-4)21(17-22)18-23-8-6-12-27(23)3/h5,7,9-11,17,23,26H,6,8,12-16,18H2,1-4H3/t23-/m0/s1. The van der Waals surface area contributed by atoms with Gasteiger partial charge in [0.25, 0.3) is 0 Å². The highest BCUT2D eigenvalue weighted by molar-refractivity contribution is 5.56. The molecule has 1 N–H and O–H groups in total. The van der Waals surface area contributed by atoms with Gasteiger partial charge >= 0.3 is 0 Å². The molecule has 5 nitrogen and oxygen atoms in total. The summed E-state index contributed by atoms with van der Waals surface area (Å²) >= 11 is 0. The summed E-state index contributed by atoms with van der Waals surface area (Å²) in [6.45, 7) is 9.70. The Bertz CT molecular complexity index is 860. The summed E-state index contributed by atoms with van der Waals surface area (Å²) in [5, 5.41) is 2.34. The third-order valence-electron chi connectivity index (χ3n) is 6.89. The number of anilines is 2. The highest BCUT2D eigenvalue weighted by Crippen LogP contribution is 2.29. The van der Waals surface area contributed by atoms with Gasteiger partial charge < -0.3 is 20.0 Å². The number of ether oxygens (including phenoxy) is 1. The molecule has 1 atom stereocenters. The minimum absolute atomic E-state index is 0.621. The van der Waals surface area contributed by atoms with Gasteiger partial charge in [0.2, 0.25) is 0 Å². The van der Waals surface area contributed by atoms with Gasteiger partial charge in [-0.1, -0.05) is 12.1 Å². The topological polar surface area (TPSA) is 31.0 Å². The van der Waals surface area contributed by atoms with E-state index in [1.54, 1.807) is 7.11 Å². The van der Waals surface area contributed by atoms with Crippen molar-refractivity contribution < 1.29 is 4.74 Å². The third-order valence-corrected chi connectivity index (χ3v) is 6.89. The van der Waals surface area contributed by atoms with E-state index in [2.05, 4.69) is 77.5 Å². The zero-order chi connectivity index (χ0) is 21.1. The minimum Gasteiger partial charge on any atom is -0.496 e. The van der Waals surface area contributed by atoms with Gasteiger partial charge in [-0.2, -0.15) is 0 Å². The summed E-state index contributed by atoms with van der Waals surface area (Å²) in [7, 11) is 4.01. The van der Waals surface area contributed by atoms with E-state index >= 15 is 0 Å². The number of likely N-dealkylation sites (tertiary alicyclic amines) is 1. The summed E-state index contributed by atoms with van der Waals surface area (Å²) < 4.78 is 5.65. The van der Waals surface area contributed by atoms with E-state index in [-0.39, 0.29) is 0 Å². The molecule has 2 aliphatic heterocycles. The number of methoxy groups -OCH3 is 1. The fraction of sp³-hybridized carbons (Fsp3) is 0.520. The molecule has 0 radical (unpaired) electrons. The first-order valence-corrected chi connectivity index (χ1v) is 11.2. The minimum atomic E-state index is 0.621. The molecule has 2 heterocycles. The van der Waals surface area contributed by atoms with Crippen molar-refractivity contribution in [2.45, 2.75) is 39.2 Å². The van der Waals surface area contributed by atoms with Gasteiger partial charge in [0, 0.05) is 43.6 Å². The maximum Gasteiger partial charge on any atom is 0.122 e. The van der Waals surface area contributed by atoms with Crippen molar-refractivity contribution in [1.29, 1.82) is 0 Å². The van der Waals surface area contributed by atoms with Crippen LogP contribution in [0.1, 0.15) is 29.5 Å². The third kappa shape index (κ3) is 4.57. The predicted molar refractivity (Wildman–Crippen MR) is 126 cm³/mol. The molecule has 0 bridgehead atoms. The Balaban J connectivity index is 1.39. The summed E-state index contributed by atoms with van der Waals surface area (Å²) in [4.78, 5) is 4.99. The van der Waals surface area contributed by atoms with E-state index in [4.69, 9.17) is 4.74 Å². The first-order chi connectivity index (χ1) is 14.5. The second kappa shape index (κ2) is 9.27. The predicted octanol–water partition coefficient (Wildman–Crippen LogP) is 4.10. The van der Waals surface area contributed by atoms with E-state index in [1.807, 2.05) is 0 Å². The molecule has 2 aromatic rings. The Labute approximate surface area is 181 Å². The summed E-state index contributed by atoms with van der Waals surface area (Å²) in [6, 6.07) is 13.8. The Kier molecular flexibility index (Phi) is 6.49. The van der Waals surface area contributed by atoms with Crippen LogP contribution in [0.15, 0.2) is 36.4 Å². The van der Waals surface area contributed by atoms with Crippen molar-refractivity contribution in [3.63, 3.8) is 0 Å². The maximum atomic E-state index is 5.65. The molecular weight excluding hydrogens is 372 g/mol. The highest BCUT2D eigenvalue weighted by atomic mass is 16.5. The van der Waals surface area contributed by atoms with Gasteiger partial charge in [-0.3, -0.25) is 0 Å². The lowest BCUT2D eigenvalue weighted by molar-refractivity contribution is 0.304. The molecular formula is C25H36N4O. The van der Waals surface area contributed by atoms with Crippen LogP contribution in [0.3, 0.4) is 0 Å². The Morgan fingerprint density at radius 3 is 2.53 bits per heavy atom. The zero-order valence-electron chi connectivity index (χ0n) is 18.9. The molecule has 0 unspecified atom stereocenters. The van der Waals surface area contributed by atoms with Gasteiger partial charge in [0.05, 0.1) is 7.11 Å². The van der Waals surface area contributed by atoms with Crippen LogP contribution < -0.4 is 15.1 Å². The first kappa shape index (κ1) is 21.0. The summed E-state index contributed by atoms with van der Waals surface area (Å²) in [5.41, 5.74) is 10.2. The number of likely N-dealkylation sites (N-methyl/N-ethyl adjacent to an activating group) is 1. The molecule has 0 saturated carbocycles. The van der Waals surface area contributed by atoms with Gasteiger partial charge in [-0.05, 0) is 87.7 Å². The lowest BCUT2D eigenvalue weighted by Crippen LogP contribution is -2.48. The molecule has 0 spiro atoms. The SMILES string of the molecule is COc1ccc(NN2CCN(c3cccc(C)c3C)CC2)cc1C[C@@H]1CCCN1C. The van der Waals surface area contributed by atoms with Gasteiger partial charge in [0.1, 0.15) is 5.75 Å². The number of benzene rings is 2. The van der Waals surface area contributed by atoms with Crippen LogP contribution in [0.4, 0.5) is 11.4 Å². The largest absolute Gasteiger partial charge is 0.496 e. The van der Waals surface area contributed by atoms with Crippen LogP contribution in [0, 0.1) is 13.8 Å². The molecule has 5 heteroatoms. The molecule has 162 valence electrons. The van der Waals surface area contributed by atoms with Gasteiger partial charge in [0.15, 0.2) is 0 Å². The Morgan fingerprint density at radius 1 is 1.03 bits per heavy atom. The van der Waals surface area contributed by atoms with Crippen LogP contribution in [0.25, 0.3) is 0 Å². The van der Waals surface area contributed by atoms with Crippen molar-refractivity contribution in [2.24, 2.45) is 0 Å². The number of piperazine rings is 1. The fourth-order valence-electron chi connectivity index (χ4n) is 4.82. The van der Waals surface area contributed by atoms with Crippen LogP contribution in [0.2, 0.25) is 0 Å². The number of hydrazine groups is 1. The van der Waals surface area contributed by atoms with Gasteiger partial charge in [-0.25, -0.2) is 5.01 Å². The first-order valence-electron chi connectivity index (χ1n) is 11.2. The number of hydrogen-bond acceptors (Lipinski definition) is 5. The smallest absolute Gasteiger partial charge is 0.122 e. The highest BCUT2D eigenvalue weighted by Gasteiger charge is 2.23. The number of hydrogen-bond donors (Lipinski definition) is 1. The Morgan fingerprint density at radius 2 is 1.83 bits per heavy atom. The number of nitrogens with zero attached hydrogens (tertiary/aromatic N) is 3. The van der Waals surface area contributed by atoms with E-state index < -0.39 is 0 Å². The number of rotatable bonds is 6. The average molecular weight is 409 g/mol. The van der Waals surface area contributed by atoms with Crippen LogP contribution in [-0.4, -0.2) is 62.8 Å². The molecule has 2 saturated heterocycles. The van der Waals surface area contributed by atoms with Crippen LogP contribution >= 0.6 is 0 Å². The van der Waals surface area contributed by atoms with Crippen LogP contribution in [0.5, 0.6) is 5.75 Å². The van der Waals surface area contributed by atoms with Gasteiger partial charge in [-0.15, -0.1) is 0 Å². The van der Waals surface area contributed by atoms with Crippen LogP contribution in [-0.2, 0) is 6.42 Å². The molecule has 2 aliphatic rings. The number of nitrogens with one attached hydrogen (secondary N) is 1. The molecule has 4 rings (SSSR count). The van der Waals surface area contributed by atoms with E-state index in [0.29, 0.717) is 6.04 Å². The normalized spacial score (nSPS) is 20.5. The lowest BCUT2D eigenvalue weighted by Gasteiger charge is -2.37. The average Bonchev–Trinajstić information content (AvgIpc) is 3.15. The van der Waals surface area contributed by atoms with Crippen molar-refractivity contribution >= 4 is 11.4 Å². The quantitative estimate of drug-likeness (QED) is 0.778. The molecule has 0 amide bonds. The van der Waals surface area contributed by atoms with Crippen molar-refractivity contribution in [2.75, 3.05) is 57.2 Å². The van der Waals surface area contributed by atoms with E-state index in [1.165, 1.54) is 41.8 Å². The fourth-order valence-corrected chi connectivity index (χ4v) is 4.82. The monoisotopic (exact) mass is 408 g/mol. The molecule has 2 aromatic carbocycles. The summed E-state index contributed by atoms with van der Waals surface area (Å²) in [6.07, 6.45) is 3.62. The van der Waals surface area contributed by atoms with Crippen molar-refractivity contribution in [1.82, 2.24) is 9.91 Å². The lowest BCUT2D eigenvalue weighted by atomic mass is 10.0. The molecule has 0 aromatic heterocycles. The maximum absolute atomic E-state index is 5.65. The van der Waals surface area contributed by atoms with E-state index in [9.17, 15) is 0 Å². The molecule has 2 fully saturated rings. The second-order valence-electron chi connectivity index (χ2n) is 8.81. The Hall–Kier alpha value is -2.24. The molecule has 0 aliphatic carbocycles.